The zero-order chi connectivity index (χ0) is 18.5. The Morgan fingerprint density at radius 3 is 2.73 bits per heavy atom. The molecule has 2 heterocycles. The average Bonchev–Trinajstić information content (AvgIpc) is 2.65. The summed E-state index contributed by atoms with van der Waals surface area (Å²) < 4.78 is 1.10. The Hall–Kier alpha value is -3.79. The van der Waals surface area contributed by atoms with E-state index in [0.717, 1.165) is 15.8 Å². The molecule has 0 aliphatic heterocycles. The van der Waals surface area contributed by atoms with E-state index in [1.807, 2.05) is 24.3 Å². The van der Waals surface area contributed by atoms with Crippen LogP contribution in [0, 0.1) is 6.57 Å². The second-order valence-corrected chi connectivity index (χ2v) is 5.64. The van der Waals surface area contributed by atoms with Crippen LogP contribution in [0.15, 0.2) is 59.5 Å². The molecule has 128 valence electrons. The minimum atomic E-state index is -0.439. The lowest BCUT2D eigenvalue weighted by atomic mass is 10.1. The fraction of sp³-hybridized carbons (Fsp3) is 0.105. The minimum absolute atomic E-state index is 0.133. The molecule has 2 aromatic heterocycles. The Morgan fingerprint density at radius 2 is 2.04 bits per heavy atom. The first-order valence-corrected chi connectivity index (χ1v) is 7.82. The van der Waals surface area contributed by atoms with E-state index in [9.17, 15) is 9.59 Å². The highest BCUT2D eigenvalue weighted by molar-refractivity contribution is 6.02. The highest BCUT2D eigenvalue weighted by Crippen LogP contribution is 2.17. The maximum Gasteiger partial charge on any atom is 0.277 e. The first-order valence-electron chi connectivity index (χ1n) is 7.82. The van der Waals surface area contributed by atoms with Gasteiger partial charge >= 0.3 is 0 Å². The van der Waals surface area contributed by atoms with Crippen molar-refractivity contribution in [3.8, 4) is 0 Å². The van der Waals surface area contributed by atoms with Crippen LogP contribution in [0.2, 0.25) is 0 Å². The standard InChI is InChI=1S/C19H15N5O2/c1-20-15-5-3-4-13(11-15)10-14-6-8-17(21-12-14)22-19(26)16-7-9-18(25)24(2)23-16/h3-9,11-12H,10H2,2H3,(H,21,22,26). The Morgan fingerprint density at radius 1 is 1.19 bits per heavy atom. The van der Waals surface area contributed by atoms with Crippen molar-refractivity contribution >= 4 is 17.4 Å². The predicted molar refractivity (Wildman–Crippen MR) is 97.2 cm³/mol. The molecule has 0 fully saturated rings. The van der Waals surface area contributed by atoms with Crippen molar-refractivity contribution in [3.05, 3.63) is 93.3 Å². The van der Waals surface area contributed by atoms with Crippen LogP contribution in [-0.4, -0.2) is 20.7 Å². The van der Waals surface area contributed by atoms with E-state index >= 15 is 0 Å². The fourth-order valence-electron chi connectivity index (χ4n) is 2.38. The number of rotatable bonds is 4. The van der Waals surface area contributed by atoms with Crippen molar-refractivity contribution in [2.75, 3.05) is 5.32 Å². The van der Waals surface area contributed by atoms with Crippen LogP contribution in [0.5, 0.6) is 0 Å². The van der Waals surface area contributed by atoms with Gasteiger partial charge in [-0.25, -0.2) is 14.5 Å². The number of hydrogen-bond acceptors (Lipinski definition) is 4. The number of nitrogens with zero attached hydrogens (tertiary/aromatic N) is 4. The maximum absolute atomic E-state index is 12.2. The van der Waals surface area contributed by atoms with E-state index in [4.69, 9.17) is 6.57 Å². The van der Waals surface area contributed by atoms with E-state index in [1.165, 1.54) is 19.2 Å². The first kappa shape index (κ1) is 17.0. The summed E-state index contributed by atoms with van der Waals surface area (Å²) in [7, 11) is 1.48. The zero-order valence-corrected chi connectivity index (χ0v) is 14.0. The van der Waals surface area contributed by atoms with Gasteiger partial charge < -0.3 is 5.32 Å². The second kappa shape index (κ2) is 7.40. The summed E-state index contributed by atoms with van der Waals surface area (Å²) in [5, 5.41) is 6.55. The van der Waals surface area contributed by atoms with Gasteiger partial charge in [0.15, 0.2) is 5.69 Å². The molecular formula is C19H15N5O2. The molecule has 1 amide bonds. The summed E-state index contributed by atoms with van der Waals surface area (Å²) in [5.74, 6) is -0.0464. The largest absolute Gasteiger partial charge is 0.305 e. The predicted octanol–water partition coefficient (Wildman–Crippen LogP) is 2.57. The highest BCUT2D eigenvalue weighted by atomic mass is 16.2. The van der Waals surface area contributed by atoms with E-state index in [0.29, 0.717) is 17.9 Å². The third-order valence-electron chi connectivity index (χ3n) is 3.71. The van der Waals surface area contributed by atoms with Gasteiger partial charge in [0, 0.05) is 19.3 Å². The number of carbonyl (C=O) groups excluding carboxylic acids is 1. The van der Waals surface area contributed by atoms with Gasteiger partial charge in [-0.1, -0.05) is 35.9 Å². The van der Waals surface area contributed by atoms with Crippen molar-refractivity contribution in [2.45, 2.75) is 6.42 Å². The molecule has 0 saturated heterocycles. The summed E-state index contributed by atoms with van der Waals surface area (Å²) >= 11 is 0. The van der Waals surface area contributed by atoms with Crippen molar-refractivity contribution in [1.82, 2.24) is 14.8 Å². The van der Waals surface area contributed by atoms with Gasteiger partial charge in [-0.05, 0) is 24.1 Å². The van der Waals surface area contributed by atoms with Crippen molar-refractivity contribution in [3.63, 3.8) is 0 Å². The summed E-state index contributed by atoms with van der Waals surface area (Å²) in [4.78, 5) is 31.1. The van der Waals surface area contributed by atoms with Crippen molar-refractivity contribution < 1.29 is 4.79 Å². The molecule has 3 aromatic rings. The van der Waals surface area contributed by atoms with Crippen LogP contribution in [0.4, 0.5) is 11.5 Å². The number of pyridine rings is 1. The van der Waals surface area contributed by atoms with E-state index in [2.05, 4.69) is 20.2 Å². The Balaban J connectivity index is 1.69. The minimum Gasteiger partial charge on any atom is -0.305 e. The normalized spacial score (nSPS) is 10.2. The summed E-state index contributed by atoms with van der Waals surface area (Å²) in [6.07, 6.45) is 2.32. The van der Waals surface area contributed by atoms with Gasteiger partial charge in [0.05, 0.1) is 6.57 Å². The number of nitrogens with one attached hydrogen (secondary N) is 1. The van der Waals surface area contributed by atoms with Crippen LogP contribution in [-0.2, 0) is 13.5 Å². The molecule has 7 nitrogen and oxygen atoms in total. The molecule has 0 bridgehead atoms. The molecule has 0 aliphatic carbocycles. The summed E-state index contributed by atoms with van der Waals surface area (Å²) in [6, 6.07) is 13.6. The Labute approximate surface area is 149 Å². The molecule has 1 aromatic carbocycles. The van der Waals surface area contributed by atoms with Gasteiger partial charge in [0.1, 0.15) is 11.5 Å². The first-order chi connectivity index (χ1) is 12.5. The fourth-order valence-corrected chi connectivity index (χ4v) is 2.38. The van der Waals surface area contributed by atoms with E-state index < -0.39 is 5.91 Å². The summed E-state index contributed by atoms with van der Waals surface area (Å²) in [5.41, 5.74) is 2.43. The molecular weight excluding hydrogens is 330 g/mol. The molecule has 7 heteroatoms. The van der Waals surface area contributed by atoms with E-state index in [-0.39, 0.29) is 11.3 Å². The number of carbonyl (C=O) groups is 1. The molecule has 0 radical (unpaired) electrons. The number of aromatic nitrogens is 3. The number of hydrogen-bond donors (Lipinski definition) is 1. The molecule has 0 aliphatic rings. The quantitative estimate of drug-likeness (QED) is 0.737. The second-order valence-electron chi connectivity index (χ2n) is 5.64. The number of amides is 1. The van der Waals surface area contributed by atoms with Gasteiger partial charge in [-0.2, -0.15) is 5.10 Å². The lowest BCUT2D eigenvalue weighted by Gasteiger charge is -2.06. The third-order valence-corrected chi connectivity index (χ3v) is 3.71. The SMILES string of the molecule is [C-]#[N+]c1cccc(Cc2ccc(NC(=O)c3ccc(=O)n(C)n3)nc2)c1. The van der Waals surface area contributed by atoms with Gasteiger partial charge in [0.25, 0.3) is 11.5 Å². The number of aryl methyl sites for hydroxylation is 1. The van der Waals surface area contributed by atoms with Gasteiger partial charge in [-0.3, -0.25) is 9.59 Å². The van der Waals surface area contributed by atoms with Crippen LogP contribution >= 0.6 is 0 Å². The van der Waals surface area contributed by atoms with Crippen molar-refractivity contribution in [1.29, 1.82) is 0 Å². The van der Waals surface area contributed by atoms with Crippen LogP contribution in [0.1, 0.15) is 21.6 Å². The van der Waals surface area contributed by atoms with Crippen LogP contribution in [0.3, 0.4) is 0 Å². The Bertz CT molecular complexity index is 1050. The molecule has 0 spiro atoms. The molecule has 0 atom stereocenters. The van der Waals surface area contributed by atoms with Crippen LogP contribution in [0.25, 0.3) is 4.85 Å². The summed E-state index contributed by atoms with van der Waals surface area (Å²) in [6.45, 7) is 7.06. The Kier molecular flexibility index (Phi) is 4.85. The third kappa shape index (κ3) is 3.99. The topological polar surface area (TPSA) is 81.2 Å². The maximum atomic E-state index is 12.2. The monoisotopic (exact) mass is 345 g/mol. The van der Waals surface area contributed by atoms with E-state index in [1.54, 1.807) is 18.3 Å². The number of benzene rings is 1. The molecule has 0 saturated carbocycles. The van der Waals surface area contributed by atoms with Crippen molar-refractivity contribution in [2.24, 2.45) is 7.05 Å². The smallest absolute Gasteiger partial charge is 0.277 e. The van der Waals surface area contributed by atoms with Crippen LogP contribution < -0.4 is 10.9 Å². The lowest BCUT2D eigenvalue weighted by molar-refractivity contribution is 0.101. The zero-order valence-electron chi connectivity index (χ0n) is 14.0. The molecule has 26 heavy (non-hydrogen) atoms. The number of anilines is 1. The molecule has 1 N–H and O–H groups in total. The molecule has 3 rings (SSSR count). The highest BCUT2D eigenvalue weighted by Gasteiger charge is 2.09. The lowest BCUT2D eigenvalue weighted by Crippen LogP contribution is -2.23. The van der Waals surface area contributed by atoms with Gasteiger partial charge in [-0.15, -0.1) is 0 Å². The average molecular weight is 345 g/mol. The molecule has 0 unspecified atom stereocenters. The van der Waals surface area contributed by atoms with Gasteiger partial charge in [0.2, 0.25) is 0 Å².